The van der Waals surface area contributed by atoms with Crippen molar-refractivity contribution in [1.29, 1.82) is 0 Å². The van der Waals surface area contributed by atoms with E-state index in [2.05, 4.69) is 17.4 Å². The van der Waals surface area contributed by atoms with Crippen molar-refractivity contribution in [2.45, 2.75) is 39.5 Å². The maximum atomic E-state index is 10.3. The summed E-state index contributed by atoms with van der Waals surface area (Å²) >= 11 is 11.1. The van der Waals surface area contributed by atoms with Crippen LogP contribution in [-0.4, -0.2) is 41.9 Å². The van der Waals surface area contributed by atoms with Crippen LogP contribution in [0.2, 0.25) is 0 Å². The van der Waals surface area contributed by atoms with E-state index in [9.17, 15) is 9.59 Å². The summed E-state index contributed by atoms with van der Waals surface area (Å²) in [6.45, 7) is 3.92. The van der Waals surface area contributed by atoms with Gasteiger partial charge in [-0.05, 0) is 37.2 Å². The molecule has 0 bridgehead atoms. The van der Waals surface area contributed by atoms with E-state index < -0.39 is 0 Å². The number of thioether (sulfide) groups is 1. The average Bonchev–Trinajstić information content (AvgIpc) is 2.39. The van der Waals surface area contributed by atoms with Gasteiger partial charge in [-0.2, -0.15) is 12.6 Å². The Morgan fingerprint density at radius 3 is 1.90 bits per heavy atom. The lowest BCUT2D eigenvalue weighted by Gasteiger charge is -2.00. The van der Waals surface area contributed by atoms with E-state index in [0.29, 0.717) is 18.4 Å². The molecule has 0 fully saturated rings. The molecule has 7 heteroatoms. The molecule has 4 nitrogen and oxygen atoms in total. The quantitative estimate of drug-likeness (QED) is 0.284. The van der Waals surface area contributed by atoms with Crippen molar-refractivity contribution in [2.75, 3.05) is 29.9 Å². The van der Waals surface area contributed by atoms with Gasteiger partial charge in [0.05, 0.1) is 18.4 Å². The normalized spacial score (nSPS) is 9.40. The molecule has 0 radical (unpaired) electrons. The van der Waals surface area contributed by atoms with Crippen molar-refractivity contribution < 1.29 is 19.1 Å². The number of thiol groups is 1. The second kappa shape index (κ2) is 18.9. The second-order valence-corrected chi connectivity index (χ2v) is 5.97. The van der Waals surface area contributed by atoms with Crippen LogP contribution in [0.3, 0.4) is 0 Å². The molecule has 0 aromatic heterocycles. The van der Waals surface area contributed by atoms with Gasteiger partial charge in [0.15, 0.2) is 0 Å². The first-order valence-electron chi connectivity index (χ1n) is 6.55. The Morgan fingerprint density at radius 2 is 1.50 bits per heavy atom. The van der Waals surface area contributed by atoms with Gasteiger partial charge in [-0.15, -0.1) is 23.4 Å². The molecule has 0 rings (SSSR count). The Bertz CT molecular complexity index is 240. The number of ether oxygens (including phenoxy) is 2. The number of rotatable bonds is 10. The number of esters is 2. The fraction of sp³-hybridized carbons (Fsp3) is 0.846. The van der Waals surface area contributed by atoms with E-state index in [0.717, 1.165) is 37.2 Å². The Labute approximate surface area is 136 Å². The first kappa shape index (κ1) is 22.2. The first-order chi connectivity index (χ1) is 9.54. The number of hydrogen-bond acceptors (Lipinski definition) is 6. The number of hydrogen-bond donors (Lipinski definition) is 1. The molecule has 0 amide bonds. The molecule has 0 aliphatic rings. The monoisotopic (exact) mass is 344 g/mol. The average molecular weight is 345 g/mol. The number of halogens is 1. The fourth-order valence-electron chi connectivity index (χ4n) is 1.01. The van der Waals surface area contributed by atoms with Gasteiger partial charge in [0.25, 0.3) is 0 Å². The van der Waals surface area contributed by atoms with Gasteiger partial charge in [-0.25, -0.2) is 0 Å². The maximum absolute atomic E-state index is 10.3. The van der Waals surface area contributed by atoms with Gasteiger partial charge in [0.1, 0.15) is 0 Å². The van der Waals surface area contributed by atoms with Crippen LogP contribution in [-0.2, 0) is 19.1 Å². The summed E-state index contributed by atoms with van der Waals surface area (Å²) in [5.74, 6) is 1.51. The molecule has 0 saturated heterocycles. The lowest BCUT2D eigenvalue weighted by Crippen LogP contribution is -2.00. The minimum atomic E-state index is -0.200. The predicted molar refractivity (Wildman–Crippen MR) is 88.8 cm³/mol. The standard InChI is InChI=1S/C7H13ClO2S.C6H12O2S/c1-7(9)10-4-2-3-5-11-6-8;1-6(7)8-4-2-3-5-9/h2-6H2,1H3;9H,2-5H2,1H3. The molecule has 0 unspecified atom stereocenters. The van der Waals surface area contributed by atoms with E-state index in [4.69, 9.17) is 16.3 Å². The minimum absolute atomic E-state index is 0.199. The van der Waals surface area contributed by atoms with Gasteiger partial charge in [-0.3, -0.25) is 9.59 Å². The van der Waals surface area contributed by atoms with Crippen LogP contribution in [0.25, 0.3) is 0 Å². The van der Waals surface area contributed by atoms with Gasteiger partial charge in [-0.1, -0.05) is 0 Å². The van der Waals surface area contributed by atoms with E-state index in [-0.39, 0.29) is 11.9 Å². The van der Waals surface area contributed by atoms with Crippen LogP contribution >= 0.6 is 36.0 Å². The summed E-state index contributed by atoms with van der Waals surface area (Å²) in [6, 6.07) is 0. The highest BCUT2D eigenvalue weighted by Gasteiger charge is 1.92. The second-order valence-electron chi connectivity index (χ2n) is 3.84. The molecule has 0 saturated carbocycles. The van der Waals surface area contributed by atoms with Crippen LogP contribution < -0.4 is 0 Å². The number of carbonyl (C=O) groups is 2. The Balaban J connectivity index is 0. The van der Waals surface area contributed by atoms with Gasteiger partial charge in [0, 0.05) is 13.8 Å². The lowest BCUT2D eigenvalue weighted by molar-refractivity contribution is -0.142. The van der Waals surface area contributed by atoms with Gasteiger partial charge in [0.2, 0.25) is 0 Å². The van der Waals surface area contributed by atoms with Gasteiger partial charge < -0.3 is 9.47 Å². The number of unbranched alkanes of at least 4 members (excludes halogenated alkanes) is 2. The highest BCUT2D eigenvalue weighted by atomic mass is 35.5. The van der Waals surface area contributed by atoms with Crippen molar-refractivity contribution >= 4 is 47.9 Å². The molecule has 0 spiro atoms. The first-order valence-corrected chi connectivity index (χ1v) is 8.88. The van der Waals surface area contributed by atoms with Crippen LogP contribution in [0.5, 0.6) is 0 Å². The minimum Gasteiger partial charge on any atom is -0.466 e. The smallest absolute Gasteiger partial charge is 0.302 e. The van der Waals surface area contributed by atoms with Crippen LogP contribution in [0.4, 0.5) is 0 Å². The van der Waals surface area contributed by atoms with Crippen molar-refractivity contribution in [3.63, 3.8) is 0 Å². The highest BCUT2D eigenvalue weighted by molar-refractivity contribution is 8.00. The van der Waals surface area contributed by atoms with E-state index in [1.807, 2.05) is 0 Å². The molecule has 20 heavy (non-hydrogen) atoms. The third-order valence-electron chi connectivity index (χ3n) is 1.92. The van der Waals surface area contributed by atoms with E-state index in [1.54, 1.807) is 11.8 Å². The topological polar surface area (TPSA) is 52.6 Å². The number of alkyl halides is 1. The zero-order valence-electron chi connectivity index (χ0n) is 12.2. The molecule has 0 atom stereocenters. The van der Waals surface area contributed by atoms with Crippen molar-refractivity contribution in [3.05, 3.63) is 0 Å². The van der Waals surface area contributed by atoms with Crippen LogP contribution in [0, 0.1) is 0 Å². The SMILES string of the molecule is CC(=O)OCCCCS.CC(=O)OCCCCSCCl. The van der Waals surface area contributed by atoms with Crippen LogP contribution in [0.15, 0.2) is 0 Å². The molecular formula is C13H25ClO4S2. The highest BCUT2D eigenvalue weighted by Crippen LogP contribution is 2.05. The third kappa shape index (κ3) is 26.5. The molecule has 0 heterocycles. The summed E-state index contributed by atoms with van der Waals surface area (Å²) in [6.07, 6.45) is 3.92. The Kier molecular flexibility index (Phi) is 21.0. The zero-order valence-corrected chi connectivity index (χ0v) is 14.7. The summed E-state index contributed by atoms with van der Waals surface area (Å²) in [5, 5.41) is 0.646. The Morgan fingerprint density at radius 1 is 1.00 bits per heavy atom. The molecule has 0 aromatic rings. The Hall–Kier alpha value is -0.0700. The summed E-state index contributed by atoms with van der Waals surface area (Å²) in [4.78, 5) is 20.4. The molecule has 0 aliphatic heterocycles. The van der Waals surface area contributed by atoms with E-state index in [1.165, 1.54) is 13.8 Å². The molecule has 0 N–H and O–H groups in total. The summed E-state index contributed by atoms with van der Waals surface area (Å²) in [7, 11) is 0. The fourth-order valence-corrected chi connectivity index (χ4v) is 2.07. The molecule has 0 aromatic carbocycles. The molecule has 0 aliphatic carbocycles. The van der Waals surface area contributed by atoms with Crippen molar-refractivity contribution in [1.82, 2.24) is 0 Å². The number of carbonyl (C=O) groups excluding carboxylic acids is 2. The summed E-state index contributed by atoms with van der Waals surface area (Å²) in [5.41, 5.74) is 0. The molecular weight excluding hydrogens is 320 g/mol. The largest absolute Gasteiger partial charge is 0.466 e. The van der Waals surface area contributed by atoms with Gasteiger partial charge >= 0.3 is 11.9 Å². The van der Waals surface area contributed by atoms with Crippen molar-refractivity contribution in [3.8, 4) is 0 Å². The summed E-state index contributed by atoms with van der Waals surface area (Å²) < 4.78 is 9.41. The van der Waals surface area contributed by atoms with E-state index >= 15 is 0 Å². The van der Waals surface area contributed by atoms with Crippen molar-refractivity contribution in [2.24, 2.45) is 0 Å². The lowest BCUT2D eigenvalue weighted by atomic mass is 10.4. The molecule has 120 valence electrons. The maximum Gasteiger partial charge on any atom is 0.302 e. The third-order valence-corrected chi connectivity index (χ3v) is 3.43. The van der Waals surface area contributed by atoms with Crippen LogP contribution in [0.1, 0.15) is 39.5 Å². The zero-order chi connectivity index (χ0) is 15.6. The predicted octanol–water partition coefficient (Wildman–Crippen LogP) is 3.52.